The molecule has 0 aliphatic carbocycles. The van der Waals surface area contributed by atoms with Crippen LogP contribution in [0, 0.1) is 0 Å². The van der Waals surface area contributed by atoms with E-state index in [-0.39, 0.29) is 18.2 Å². The van der Waals surface area contributed by atoms with Crippen molar-refractivity contribution in [3.63, 3.8) is 0 Å². The van der Waals surface area contributed by atoms with Gasteiger partial charge in [-0.15, -0.1) is 0 Å². The van der Waals surface area contributed by atoms with Crippen LogP contribution in [0.4, 0.5) is 5.82 Å². The van der Waals surface area contributed by atoms with Gasteiger partial charge >= 0.3 is 0 Å². The Labute approximate surface area is 99.3 Å². The number of aliphatic hydroxyl groups is 1. The minimum Gasteiger partial charge on any atom is -0.396 e. The smallest absolute Gasteiger partial charge is 0.257 e. The Bertz CT molecular complexity index is 563. The standard InChI is InChI=1S/C13H16N2O2/c1-9(6-7-16)14-12-8-10-4-2-3-5-11(10)13(17)15-12/h2-5,8-9,16H,6-7H2,1H3,(H2,14,15,17). The lowest BCUT2D eigenvalue weighted by Crippen LogP contribution is -2.19. The highest BCUT2D eigenvalue weighted by atomic mass is 16.3. The molecule has 17 heavy (non-hydrogen) atoms. The molecular formula is C13H16N2O2. The Morgan fingerprint density at radius 2 is 2.18 bits per heavy atom. The fourth-order valence-electron chi connectivity index (χ4n) is 1.82. The molecule has 0 aliphatic heterocycles. The minimum atomic E-state index is -0.0956. The van der Waals surface area contributed by atoms with E-state index in [0.29, 0.717) is 17.6 Å². The number of rotatable bonds is 4. The topological polar surface area (TPSA) is 65.1 Å². The molecule has 0 saturated heterocycles. The number of aromatic nitrogens is 1. The first kappa shape index (κ1) is 11.7. The van der Waals surface area contributed by atoms with Gasteiger partial charge in [0, 0.05) is 18.0 Å². The van der Waals surface area contributed by atoms with Crippen molar-refractivity contribution in [2.75, 3.05) is 11.9 Å². The van der Waals surface area contributed by atoms with Crippen molar-refractivity contribution in [2.45, 2.75) is 19.4 Å². The quantitative estimate of drug-likeness (QED) is 0.752. The van der Waals surface area contributed by atoms with Gasteiger partial charge in [-0.2, -0.15) is 0 Å². The second-order valence-electron chi connectivity index (χ2n) is 4.16. The van der Waals surface area contributed by atoms with Crippen molar-refractivity contribution in [3.8, 4) is 0 Å². The number of aromatic amines is 1. The van der Waals surface area contributed by atoms with Gasteiger partial charge < -0.3 is 15.4 Å². The molecule has 0 spiro atoms. The third-order valence-electron chi connectivity index (χ3n) is 2.72. The molecule has 1 heterocycles. The van der Waals surface area contributed by atoms with Gasteiger partial charge in [0.05, 0.1) is 0 Å². The highest BCUT2D eigenvalue weighted by molar-refractivity contribution is 5.83. The maximum absolute atomic E-state index is 11.8. The average molecular weight is 232 g/mol. The molecule has 2 rings (SSSR count). The first-order valence-corrected chi connectivity index (χ1v) is 5.70. The Morgan fingerprint density at radius 3 is 2.94 bits per heavy atom. The summed E-state index contributed by atoms with van der Waals surface area (Å²) in [5.74, 6) is 0.689. The average Bonchev–Trinajstić information content (AvgIpc) is 2.29. The van der Waals surface area contributed by atoms with E-state index in [4.69, 9.17) is 5.11 Å². The number of aliphatic hydroxyl groups excluding tert-OH is 1. The van der Waals surface area contributed by atoms with Gasteiger partial charge in [-0.3, -0.25) is 4.79 Å². The highest BCUT2D eigenvalue weighted by Gasteiger charge is 2.04. The zero-order valence-corrected chi connectivity index (χ0v) is 9.73. The van der Waals surface area contributed by atoms with Crippen LogP contribution < -0.4 is 10.9 Å². The summed E-state index contributed by atoms with van der Waals surface area (Å²) in [6.07, 6.45) is 0.648. The molecule has 3 N–H and O–H groups in total. The molecule has 1 unspecified atom stereocenters. The lowest BCUT2D eigenvalue weighted by molar-refractivity contribution is 0.282. The van der Waals surface area contributed by atoms with Crippen LogP contribution in [-0.4, -0.2) is 22.7 Å². The Balaban J connectivity index is 2.33. The van der Waals surface area contributed by atoms with Crippen molar-refractivity contribution in [3.05, 3.63) is 40.7 Å². The minimum absolute atomic E-state index is 0.0956. The number of hydrogen-bond donors (Lipinski definition) is 3. The highest BCUT2D eigenvalue weighted by Crippen LogP contribution is 2.13. The van der Waals surface area contributed by atoms with E-state index in [2.05, 4.69) is 10.3 Å². The van der Waals surface area contributed by atoms with Crippen molar-refractivity contribution in [1.82, 2.24) is 4.98 Å². The molecule has 0 saturated carbocycles. The molecule has 2 aromatic rings. The van der Waals surface area contributed by atoms with E-state index < -0.39 is 0 Å². The van der Waals surface area contributed by atoms with Gasteiger partial charge in [-0.25, -0.2) is 0 Å². The van der Waals surface area contributed by atoms with Crippen LogP contribution in [0.2, 0.25) is 0 Å². The summed E-state index contributed by atoms with van der Waals surface area (Å²) in [6.45, 7) is 2.09. The molecule has 1 atom stereocenters. The third-order valence-corrected chi connectivity index (χ3v) is 2.72. The number of hydrogen-bond acceptors (Lipinski definition) is 3. The SMILES string of the molecule is CC(CCO)Nc1cc2ccccc2c(=O)[nH]1. The van der Waals surface area contributed by atoms with E-state index in [9.17, 15) is 4.79 Å². The van der Waals surface area contributed by atoms with Crippen molar-refractivity contribution < 1.29 is 5.11 Å². The van der Waals surface area contributed by atoms with Crippen LogP contribution >= 0.6 is 0 Å². The molecule has 0 aliphatic rings. The largest absolute Gasteiger partial charge is 0.396 e. The first-order valence-electron chi connectivity index (χ1n) is 5.70. The summed E-state index contributed by atoms with van der Waals surface area (Å²) < 4.78 is 0. The number of H-pyrrole nitrogens is 1. The Morgan fingerprint density at radius 1 is 1.41 bits per heavy atom. The number of fused-ring (bicyclic) bond motifs is 1. The molecule has 4 heteroatoms. The van der Waals surface area contributed by atoms with Crippen molar-refractivity contribution in [2.24, 2.45) is 0 Å². The fraction of sp³-hybridized carbons (Fsp3) is 0.308. The van der Waals surface area contributed by atoms with Gasteiger partial charge in [0.15, 0.2) is 0 Å². The second-order valence-corrected chi connectivity index (χ2v) is 4.16. The molecule has 0 fully saturated rings. The van der Waals surface area contributed by atoms with Gasteiger partial charge in [-0.1, -0.05) is 18.2 Å². The van der Waals surface area contributed by atoms with E-state index in [1.807, 2.05) is 31.2 Å². The van der Waals surface area contributed by atoms with Gasteiger partial charge in [0.25, 0.3) is 5.56 Å². The number of pyridine rings is 1. The van der Waals surface area contributed by atoms with Crippen LogP contribution in [0.5, 0.6) is 0 Å². The third kappa shape index (κ3) is 2.65. The molecule has 0 radical (unpaired) electrons. The van der Waals surface area contributed by atoms with Crippen LogP contribution in [0.1, 0.15) is 13.3 Å². The predicted molar refractivity (Wildman–Crippen MR) is 69.4 cm³/mol. The molecule has 0 amide bonds. The molecular weight excluding hydrogens is 216 g/mol. The van der Waals surface area contributed by atoms with Crippen LogP contribution in [0.3, 0.4) is 0 Å². The number of anilines is 1. The van der Waals surface area contributed by atoms with Gasteiger partial charge in [-0.05, 0) is 30.9 Å². The normalized spacial score (nSPS) is 12.6. The number of nitrogens with one attached hydrogen (secondary N) is 2. The first-order chi connectivity index (χ1) is 8.20. The summed E-state index contributed by atoms with van der Waals surface area (Å²) >= 11 is 0. The van der Waals surface area contributed by atoms with E-state index in [1.54, 1.807) is 6.07 Å². The maximum Gasteiger partial charge on any atom is 0.257 e. The summed E-state index contributed by atoms with van der Waals surface area (Å²) in [6, 6.07) is 9.49. The molecule has 0 bridgehead atoms. The molecule has 90 valence electrons. The predicted octanol–water partition coefficient (Wildman–Crippen LogP) is 1.71. The van der Waals surface area contributed by atoms with Crippen LogP contribution in [0.25, 0.3) is 10.8 Å². The summed E-state index contributed by atoms with van der Waals surface area (Å²) in [5, 5.41) is 13.6. The lowest BCUT2D eigenvalue weighted by atomic mass is 10.1. The van der Waals surface area contributed by atoms with Crippen molar-refractivity contribution >= 4 is 16.6 Å². The van der Waals surface area contributed by atoms with Crippen LogP contribution in [0.15, 0.2) is 35.1 Å². The van der Waals surface area contributed by atoms with E-state index in [0.717, 1.165) is 5.39 Å². The van der Waals surface area contributed by atoms with E-state index >= 15 is 0 Å². The summed E-state index contributed by atoms with van der Waals surface area (Å²) in [7, 11) is 0. The second kappa shape index (κ2) is 5.01. The van der Waals surface area contributed by atoms with Gasteiger partial charge in [0.2, 0.25) is 0 Å². The number of benzene rings is 1. The molecule has 1 aromatic carbocycles. The van der Waals surface area contributed by atoms with Crippen LogP contribution in [-0.2, 0) is 0 Å². The lowest BCUT2D eigenvalue weighted by Gasteiger charge is -2.13. The maximum atomic E-state index is 11.8. The molecule has 4 nitrogen and oxygen atoms in total. The zero-order chi connectivity index (χ0) is 12.3. The summed E-state index contributed by atoms with van der Waals surface area (Å²) in [5.41, 5.74) is -0.0956. The van der Waals surface area contributed by atoms with E-state index in [1.165, 1.54) is 0 Å². The fourth-order valence-corrected chi connectivity index (χ4v) is 1.82. The Hall–Kier alpha value is -1.81. The summed E-state index contributed by atoms with van der Waals surface area (Å²) in [4.78, 5) is 14.6. The molecule has 1 aromatic heterocycles. The Kier molecular flexibility index (Phi) is 3.44. The van der Waals surface area contributed by atoms with Gasteiger partial charge in [0.1, 0.15) is 5.82 Å². The van der Waals surface area contributed by atoms with Crippen molar-refractivity contribution in [1.29, 1.82) is 0 Å². The monoisotopic (exact) mass is 232 g/mol. The zero-order valence-electron chi connectivity index (χ0n) is 9.73.